The summed E-state index contributed by atoms with van der Waals surface area (Å²) in [6, 6.07) is 19.4. The summed E-state index contributed by atoms with van der Waals surface area (Å²) >= 11 is 2.06. The maximum Gasteiger partial charge on any atom is 0.234 e. The van der Waals surface area contributed by atoms with E-state index in [1.54, 1.807) is 19.4 Å². The lowest BCUT2D eigenvalue weighted by Gasteiger charge is -2.37. The molecule has 0 saturated carbocycles. The van der Waals surface area contributed by atoms with Gasteiger partial charge in [0.2, 0.25) is 11.8 Å². The van der Waals surface area contributed by atoms with Gasteiger partial charge in [0, 0.05) is 44.9 Å². The number of pyridine rings is 1. The van der Waals surface area contributed by atoms with E-state index in [0.717, 1.165) is 42.0 Å². The van der Waals surface area contributed by atoms with E-state index in [2.05, 4.69) is 44.6 Å². The maximum atomic E-state index is 14.2. The number of amides is 2. The molecule has 0 unspecified atom stereocenters. The van der Waals surface area contributed by atoms with E-state index in [1.807, 2.05) is 48.5 Å². The average molecular weight is 808 g/mol. The number of aliphatic hydroxyl groups is 2. The van der Waals surface area contributed by atoms with Crippen molar-refractivity contribution in [2.24, 2.45) is 17.8 Å². The number of ether oxygens (including phenoxy) is 2. The lowest BCUT2D eigenvalue weighted by Crippen LogP contribution is -2.47. The Morgan fingerprint density at radius 3 is 2.47 bits per heavy atom. The Morgan fingerprint density at radius 1 is 1.06 bits per heavy atom. The molecule has 6 rings (SSSR count). The number of aromatic nitrogens is 1. The molecule has 3 aromatic rings. The lowest BCUT2D eigenvalue weighted by molar-refractivity contribution is -0.144. The second-order valence-corrected chi connectivity index (χ2v) is 14.8. The predicted octanol–water partition coefficient (Wildman–Crippen LogP) is 5.30. The van der Waals surface area contributed by atoms with Crippen LogP contribution in [0.15, 0.2) is 78.0 Å². The van der Waals surface area contributed by atoms with Crippen molar-refractivity contribution < 1.29 is 34.4 Å². The molecule has 2 saturated heterocycles. The van der Waals surface area contributed by atoms with Crippen molar-refractivity contribution >= 4 is 46.1 Å². The number of halogens is 1. The number of piperidine rings is 1. The Kier molecular flexibility index (Phi) is 12.2. The highest BCUT2D eigenvalue weighted by molar-refractivity contribution is 14.1. The fourth-order valence-corrected chi connectivity index (χ4v) is 8.76. The molecule has 0 bridgehead atoms. The number of fused-ring (bicyclic) bond motifs is 1. The van der Waals surface area contributed by atoms with E-state index < -0.39 is 23.9 Å². The molecule has 0 radical (unpaired) electrons. The zero-order valence-corrected chi connectivity index (χ0v) is 31.2. The number of aromatic hydroxyl groups is 1. The van der Waals surface area contributed by atoms with Gasteiger partial charge in [0.05, 0.1) is 47.5 Å². The van der Waals surface area contributed by atoms with Gasteiger partial charge in [-0.1, -0.05) is 36.4 Å². The number of carbonyl (C=O) groups is 2. The van der Waals surface area contributed by atoms with Crippen molar-refractivity contribution in [2.45, 2.75) is 50.8 Å². The molecule has 0 spiro atoms. The standard InChI is InChI=1S/C40H46IN3O7/c1-50-24-28-21-30-37(40(49)44(39(30)48)29-13-16-43(17-14-29)22-25-8-4-3-5-9-25)31(23-45)36(28)34(46)12-11-27(33-10-6-7-15-42-33)18-26-19-32(41)38(47)35(20-26)51-2/h3-10,15,18-20,29-31,34,37,45-47H,11-14,16-17,21-24H2,1-2H3/b27-18-/t30-,31+,34-,37-/m1/s1. The van der Waals surface area contributed by atoms with Gasteiger partial charge in [0.1, 0.15) is 0 Å². The number of phenolic OH excluding ortho intramolecular Hbond substituents is 1. The Morgan fingerprint density at radius 2 is 1.80 bits per heavy atom. The van der Waals surface area contributed by atoms with Crippen LogP contribution in [0, 0.1) is 21.3 Å². The van der Waals surface area contributed by atoms with Gasteiger partial charge in [0.25, 0.3) is 0 Å². The summed E-state index contributed by atoms with van der Waals surface area (Å²) in [5.41, 5.74) is 5.01. The third-order valence-electron chi connectivity index (χ3n) is 10.6. The number of likely N-dealkylation sites (tertiary alicyclic amines) is 2. The molecule has 51 heavy (non-hydrogen) atoms. The van der Waals surface area contributed by atoms with Gasteiger partial charge in [-0.25, -0.2) is 0 Å². The van der Waals surface area contributed by atoms with Crippen LogP contribution in [0.25, 0.3) is 11.6 Å². The average Bonchev–Trinajstić information content (AvgIpc) is 3.40. The van der Waals surface area contributed by atoms with Crippen LogP contribution in [0.3, 0.4) is 0 Å². The fraction of sp³-hybridized carbons (Fsp3) is 0.425. The number of hydrogen-bond donors (Lipinski definition) is 3. The van der Waals surface area contributed by atoms with E-state index in [-0.39, 0.29) is 43.2 Å². The number of rotatable bonds is 13. The number of allylic oxidation sites excluding steroid dienone is 1. The molecule has 2 aliphatic heterocycles. The number of hydrogen-bond acceptors (Lipinski definition) is 9. The van der Waals surface area contributed by atoms with Gasteiger partial charge in [-0.2, -0.15) is 0 Å². The Balaban J connectivity index is 1.21. The van der Waals surface area contributed by atoms with Crippen LogP contribution in [0.1, 0.15) is 48.9 Å². The van der Waals surface area contributed by atoms with E-state index in [1.165, 1.54) is 17.6 Å². The fourth-order valence-electron chi connectivity index (χ4n) is 8.14. The number of benzene rings is 2. The van der Waals surface area contributed by atoms with E-state index in [9.17, 15) is 24.9 Å². The van der Waals surface area contributed by atoms with Crippen molar-refractivity contribution in [2.75, 3.05) is 40.5 Å². The zero-order valence-electron chi connectivity index (χ0n) is 29.1. The third-order valence-corrected chi connectivity index (χ3v) is 11.4. The molecule has 3 aliphatic rings. The summed E-state index contributed by atoms with van der Waals surface area (Å²) in [5.74, 6) is -2.01. The Labute approximate surface area is 312 Å². The van der Waals surface area contributed by atoms with Crippen molar-refractivity contribution in [1.82, 2.24) is 14.8 Å². The smallest absolute Gasteiger partial charge is 0.234 e. The molecule has 2 fully saturated rings. The summed E-state index contributed by atoms with van der Waals surface area (Å²) < 4.78 is 11.6. The molecular weight excluding hydrogens is 761 g/mol. The molecule has 3 N–H and O–H groups in total. The highest BCUT2D eigenvalue weighted by Gasteiger charge is 2.56. The Bertz CT molecular complexity index is 1760. The van der Waals surface area contributed by atoms with Crippen molar-refractivity contribution in [3.8, 4) is 11.5 Å². The van der Waals surface area contributed by atoms with Gasteiger partial charge in [-0.05, 0) is 113 Å². The molecule has 1 aromatic heterocycles. The Hall–Kier alpha value is -3.62. The second-order valence-electron chi connectivity index (χ2n) is 13.6. The summed E-state index contributed by atoms with van der Waals surface area (Å²) in [5, 5.41) is 33.1. The second kappa shape index (κ2) is 16.8. The van der Waals surface area contributed by atoms with Crippen LogP contribution in [-0.2, 0) is 20.9 Å². The summed E-state index contributed by atoms with van der Waals surface area (Å²) in [6.07, 6.45) is 5.12. The van der Waals surface area contributed by atoms with Gasteiger partial charge in [-0.3, -0.25) is 24.4 Å². The molecule has 270 valence electrons. The summed E-state index contributed by atoms with van der Waals surface area (Å²) in [7, 11) is 3.08. The first kappa shape index (κ1) is 37.1. The van der Waals surface area contributed by atoms with Gasteiger partial charge < -0.3 is 24.8 Å². The van der Waals surface area contributed by atoms with Crippen LogP contribution >= 0.6 is 22.6 Å². The summed E-state index contributed by atoms with van der Waals surface area (Å²) in [4.78, 5) is 36.6. The highest BCUT2D eigenvalue weighted by Crippen LogP contribution is 2.47. The molecule has 1 aliphatic carbocycles. The molecule has 2 aromatic carbocycles. The highest BCUT2D eigenvalue weighted by atomic mass is 127. The molecule has 4 atom stereocenters. The zero-order chi connectivity index (χ0) is 36.1. The minimum absolute atomic E-state index is 0.0698. The molecule has 10 nitrogen and oxygen atoms in total. The van der Waals surface area contributed by atoms with Crippen LogP contribution in [0.4, 0.5) is 0 Å². The van der Waals surface area contributed by atoms with E-state index in [0.29, 0.717) is 40.6 Å². The first-order valence-corrected chi connectivity index (χ1v) is 18.6. The van der Waals surface area contributed by atoms with Crippen LogP contribution < -0.4 is 4.74 Å². The van der Waals surface area contributed by atoms with E-state index in [4.69, 9.17) is 9.47 Å². The van der Waals surface area contributed by atoms with Crippen molar-refractivity contribution in [3.63, 3.8) is 0 Å². The minimum Gasteiger partial charge on any atom is -0.504 e. The maximum absolute atomic E-state index is 14.2. The van der Waals surface area contributed by atoms with Crippen molar-refractivity contribution in [1.29, 1.82) is 0 Å². The lowest BCUT2D eigenvalue weighted by atomic mass is 9.68. The number of nitrogens with zero attached hydrogens (tertiary/aromatic N) is 3. The van der Waals surface area contributed by atoms with Gasteiger partial charge in [-0.15, -0.1) is 0 Å². The summed E-state index contributed by atoms with van der Waals surface area (Å²) in [6.45, 7) is 2.24. The van der Waals surface area contributed by atoms with E-state index >= 15 is 0 Å². The van der Waals surface area contributed by atoms with Crippen molar-refractivity contribution in [3.05, 3.63) is 98.4 Å². The quantitative estimate of drug-likeness (QED) is 0.120. The minimum atomic E-state index is -0.993. The van der Waals surface area contributed by atoms with Gasteiger partial charge in [0.15, 0.2) is 11.5 Å². The SMILES string of the molecule is COCC1=C([C@H](O)CC/C(=C/c2cc(I)c(O)c(OC)c2)c2ccccn2)[C@H](CO)[C@@H]2C(=O)N(C3CCN(Cc4ccccc4)CC3)C(=O)[C@@H]2C1. The predicted molar refractivity (Wildman–Crippen MR) is 202 cm³/mol. The topological polar surface area (TPSA) is 133 Å². The first-order valence-electron chi connectivity index (χ1n) is 17.5. The largest absolute Gasteiger partial charge is 0.504 e. The molecule has 11 heteroatoms. The number of methoxy groups -OCH3 is 2. The number of aliphatic hydroxyl groups excluding tert-OH is 2. The number of phenols is 1. The molecule has 3 heterocycles. The van der Waals surface area contributed by atoms with Crippen LogP contribution in [0.2, 0.25) is 0 Å². The van der Waals surface area contributed by atoms with Crippen LogP contribution in [0.5, 0.6) is 11.5 Å². The molecule has 2 amide bonds. The number of imide groups is 1. The van der Waals surface area contributed by atoms with Gasteiger partial charge >= 0.3 is 0 Å². The monoisotopic (exact) mass is 807 g/mol. The molecular formula is C40H46IN3O7. The third kappa shape index (κ3) is 8.07. The van der Waals surface area contributed by atoms with Crippen LogP contribution in [-0.4, -0.2) is 94.6 Å². The first-order chi connectivity index (χ1) is 24.7. The normalized spacial score (nSPS) is 22.4. The number of carbonyl (C=O) groups excluding carboxylic acids is 2.